The predicted molar refractivity (Wildman–Crippen MR) is 144 cm³/mol. The van der Waals surface area contributed by atoms with Gasteiger partial charge in [-0.2, -0.15) is 0 Å². The number of aromatic nitrogens is 2. The largest absolute Gasteiger partial charge is 0.480 e. The molecule has 2 amide bonds. The number of ether oxygens (including phenoxy) is 1. The topological polar surface area (TPSA) is 206 Å². The third-order valence-electron chi connectivity index (χ3n) is 5.79. The van der Waals surface area contributed by atoms with Crippen LogP contribution >= 0.6 is 46.5 Å². The Hall–Kier alpha value is -2.63. The summed E-state index contributed by atoms with van der Waals surface area (Å²) >= 11 is 9.31. The minimum Gasteiger partial charge on any atom is -0.480 e. The predicted octanol–water partition coefficient (Wildman–Crippen LogP) is 0.833. The number of carbonyl (C=O) groups excluding carboxylic acids is 2. The number of aliphatic carboxylic acids is 1. The van der Waals surface area contributed by atoms with Gasteiger partial charge in [0.1, 0.15) is 26.2 Å². The van der Waals surface area contributed by atoms with Crippen LogP contribution in [-0.4, -0.2) is 90.3 Å². The molecule has 2 aromatic heterocycles. The maximum atomic E-state index is 13.0. The van der Waals surface area contributed by atoms with Gasteiger partial charge in [0.15, 0.2) is 10.8 Å². The number of fused-ring (bicyclic) bond motifs is 1. The molecule has 204 valence electrons. The molecule has 13 nitrogen and oxygen atoms in total. The molecule has 0 saturated carbocycles. The maximum Gasteiger partial charge on any atom is 0.322 e. The van der Waals surface area contributed by atoms with Crippen molar-refractivity contribution in [1.29, 1.82) is 0 Å². The molecule has 2 aromatic rings. The summed E-state index contributed by atoms with van der Waals surface area (Å²) in [6, 6.07) is 0.782. The molecular formula is C21H24ClN7O6S3. The zero-order valence-corrected chi connectivity index (χ0v) is 22.9. The zero-order chi connectivity index (χ0) is 27.4. The SMILES string of the molecule is NCCCOCc1cnccc1SC1(C(=O)O)CS[C@@H]2[C@H](NC(=O)C(=NO)c3nc(N)sc3Cl)C(=O)N2C1. The Morgan fingerprint density at radius 1 is 1.45 bits per heavy atom. The fraction of sp³-hybridized carbons (Fsp3) is 0.429. The number of nitrogens with two attached hydrogens (primary N) is 2. The van der Waals surface area contributed by atoms with Crippen molar-refractivity contribution in [3.8, 4) is 0 Å². The number of nitrogens with zero attached hydrogens (tertiary/aromatic N) is 4. The van der Waals surface area contributed by atoms with Crippen LogP contribution in [0.3, 0.4) is 0 Å². The van der Waals surface area contributed by atoms with Crippen molar-refractivity contribution in [3.05, 3.63) is 34.1 Å². The fourth-order valence-corrected chi connectivity index (χ4v) is 7.70. The Labute approximate surface area is 234 Å². The highest BCUT2D eigenvalue weighted by atomic mass is 35.5. The third kappa shape index (κ3) is 5.69. The van der Waals surface area contributed by atoms with Crippen molar-refractivity contribution >= 4 is 75.1 Å². The molecular weight excluding hydrogens is 578 g/mol. The molecule has 0 radical (unpaired) electrons. The van der Waals surface area contributed by atoms with Gasteiger partial charge in [0.2, 0.25) is 5.91 Å². The van der Waals surface area contributed by atoms with E-state index < -0.39 is 39.7 Å². The van der Waals surface area contributed by atoms with E-state index in [1.54, 1.807) is 18.5 Å². The molecule has 2 fully saturated rings. The van der Waals surface area contributed by atoms with Crippen LogP contribution in [0.1, 0.15) is 17.7 Å². The summed E-state index contributed by atoms with van der Waals surface area (Å²) in [6.45, 7) is 1.15. The smallest absolute Gasteiger partial charge is 0.322 e. The average molecular weight is 602 g/mol. The average Bonchev–Trinajstić information content (AvgIpc) is 3.23. The molecule has 2 saturated heterocycles. The van der Waals surface area contributed by atoms with Crippen molar-refractivity contribution in [1.82, 2.24) is 20.2 Å². The number of nitrogen functional groups attached to an aromatic ring is 1. The van der Waals surface area contributed by atoms with E-state index in [0.29, 0.717) is 24.5 Å². The summed E-state index contributed by atoms with van der Waals surface area (Å²) < 4.78 is 4.36. The summed E-state index contributed by atoms with van der Waals surface area (Å²) in [7, 11) is 0. The number of nitrogens with one attached hydrogen (secondary N) is 1. The monoisotopic (exact) mass is 601 g/mol. The third-order valence-corrected chi connectivity index (χ3v) is 10.0. The van der Waals surface area contributed by atoms with Crippen molar-refractivity contribution in [2.75, 3.05) is 31.2 Å². The first-order valence-electron chi connectivity index (χ1n) is 11.2. The lowest BCUT2D eigenvalue weighted by atomic mass is 10.0. The summed E-state index contributed by atoms with van der Waals surface area (Å²) in [6.07, 6.45) is 3.90. The molecule has 2 aliphatic heterocycles. The Balaban J connectivity index is 1.44. The summed E-state index contributed by atoms with van der Waals surface area (Å²) in [4.78, 5) is 48.3. The number of hydrogen-bond donors (Lipinski definition) is 5. The van der Waals surface area contributed by atoms with E-state index in [1.165, 1.54) is 16.7 Å². The fourth-order valence-electron chi connectivity index (χ4n) is 3.86. The van der Waals surface area contributed by atoms with Gasteiger partial charge in [-0.3, -0.25) is 19.4 Å². The summed E-state index contributed by atoms with van der Waals surface area (Å²) in [5.41, 5.74) is 11.2. The zero-order valence-electron chi connectivity index (χ0n) is 19.7. The standard InChI is InChI=1S/C21H24ClN7O6S3/c22-15-12(27-20(24)37-15)13(28-34)16(30)26-14-17(31)29-8-21(19(32)33,9-36-18(14)29)38-11-2-4-25-6-10(11)7-35-5-1-3-23/h2,4,6,14,18,34H,1,3,5,7-9,23H2,(H2,24,27)(H,26,30)(H,32,33)/t14-,18-,21?/m1/s1. The number of β-lactam (4-membered cyclic amide) rings is 1. The van der Waals surface area contributed by atoms with Crippen molar-refractivity contribution in [2.45, 2.75) is 34.1 Å². The van der Waals surface area contributed by atoms with Gasteiger partial charge in [0, 0.05) is 41.8 Å². The van der Waals surface area contributed by atoms with E-state index in [0.717, 1.165) is 28.7 Å². The molecule has 0 aliphatic carbocycles. The highest BCUT2D eigenvalue weighted by Gasteiger charge is 2.58. The molecule has 38 heavy (non-hydrogen) atoms. The van der Waals surface area contributed by atoms with E-state index in [1.807, 2.05) is 0 Å². The Morgan fingerprint density at radius 3 is 2.89 bits per heavy atom. The van der Waals surface area contributed by atoms with Gasteiger partial charge >= 0.3 is 5.97 Å². The number of rotatable bonds is 11. The van der Waals surface area contributed by atoms with E-state index in [4.69, 9.17) is 27.8 Å². The van der Waals surface area contributed by atoms with Gasteiger partial charge in [-0.05, 0) is 19.0 Å². The van der Waals surface area contributed by atoms with Crippen molar-refractivity contribution in [2.24, 2.45) is 10.9 Å². The molecule has 4 heterocycles. The molecule has 7 N–H and O–H groups in total. The lowest BCUT2D eigenvalue weighted by Gasteiger charge is -2.53. The first-order chi connectivity index (χ1) is 18.2. The normalized spacial score (nSPS) is 23.1. The van der Waals surface area contributed by atoms with Gasteiger partial charge < -0.3 is 36.7 Å². The highest BCUT2D eigenvalue weighted by Crippen LogP contribution is 2.47. The second kappa shape index (κ2) is 12.0. The number of amides is 2. The number of carbonyl (C=O) groups is 3. The lowest BCUT2D eigenvalue weighted by Crippen LogP contribution is -2.74. The molecule has 17 heteroatoms. The van der Waals surface area contributed by atoms with Crippen LogP contribution in [0.25, 0.3) is 0 Å². The van der Waals surface area contributed by atoms with Crippen LogP contribution in [-0.2, 0) is 25.7 Å². The van der Waals surface area contributed by atoms with E-state index >= 15 is 0 Å². The first-order valence-corrected chi connectivity index (χ1v) is 14.3. The molecule has 0 aromatic carbocycles. The van der Waals surface area contributed by atoms with E-state index in [-0.39, 0.29) is 34.1 Å². The second-order valence-electron chi connectivity index (χ2n) is 8.32. The van der Waals surface area contributed by atoms with Crippen LogP contribution in [0, 0.1) is 0 Å². The van der Waals surface area contributed by atoms with Crippen LogP contribution < -0.4 is 16.8 Å². The van der Waals surface area contributed by atoms with Crippen LogP contribution in [0.15, 0.2) is 28.5 Å². The number of thioether (sulfide) groups is 2. The molecule has 1 unspecified atom stereocenters. The number of halogens is 1. The molecule has 0 bridgehead atoms. The Bertz CT molecular complexity index is 1260. The Kier molecular flexibility index (Phi) is 9.00. The molecule has 4 rings (SSSR count). The van der Waals surface area contributed by atoms with Gasteiger partial charge in [0.05, 0.1) is 6.61 Å². The number of anilines is 1. The second-order valence-corrected chi connectivity index (χ2v) is 12.5. The quantitative estimate of drug-likeness (QED) is 0.0798. The molecule has 2 aliphatic rings. The highest BCUT2D eigenvalue weighted by molar-refractivity contribution is 8.05. The lowest BCUT2D eigenvalue weighted by molar-refractivity contribution is -0.151. The van der Waals surface area contributed by atoms with Crippen LogP contribution in [0.2, 0.25) is 4.34 Å². The number of oxime groups is 1. The molecule has 3 atom stereocenters. The van der Waals surface area contributed by atoms with Crippen molar-refractivity contribution in [3.63, 3.8) is 0 Å². The van der Waals surface area contributed by atoms with Gasteiger partial charge in [-0.15, -0.1) is 23.5 Å². The number of thiazole rings is 1. The number of hydrogen-bond acceptors (Lipinski definition) is 13. The summed E-state index contributed by atoms with van der Waals surface area (Å²) in [5, 5.41) is 24.7. The van der Waals surface area contributed by atoms with Gasteiger partial charge in [0.25, 0.3) is 5.91 Å². The maximum absolute atomic E-state index is 13.0. The van der Waals surface area contributed by atoms with Crippen LogP contribution in [0.5, 0.6) is 0 Å². The number of pyridine rings is 1. The minimum atomic E-state index is -1.33. The van der Waals surface area contributed by atoms with E-state index in [9.17, 15) is 24.7 Å². The number of carboxylic acid groups (broad SMARTS) is 1. The van der Waals surface area contributed by atoms with Gasteiger partial charge in [-0.1, -0.05) is 28.1 Å². The van der Waals surface area contributed by atoms with Gasteiger partial charge in [-0.25, -0.2) is 4.98 Å². The first kappa shape index (κ1) is 28.4. The number of carboxylic acids is 1. The van der Waals surface area contributed by atoms with Crippen molar-refractivity contribution < 1.29 is 29.4 Å². The Morgan fingerprint density at radius 2 is 2.24 bits per heavy atom. The van der Waals surface area contributed by atoms with Crippen LogP contribution in [0.4, 0.5) is 5.13 Å². The van der Waals surface area contributed by atoms with E-state index in [2.05, 4.69) is 20.4 Å². The minimum absolute atomic E-state index is 0.0579. The summed E-state index contributed by atoms with van der Waals surface area (Å²) in [5.74, 6) is -2.22. The molecule has 0 spiro atoms.